The second kappa shape index (κ2) is 11.7. The van der Waals surface area contributed by atoms with Crippen molar-refractivity contribution in [1.29, 1.82) is 0 Å². The minimum atomic E-state index is -0.916. The van der Waals surface area contributed by atoms with E-state index in [9.17, 15) is 17.6 Å². The first-order valence-electron chi connectivity index (χ1n) is 9.52. The molecule has 0 saturated heterocycles. The van der Waals surface area contributed by atoms with Crippen LogP contribution in [-0.4, -0.2) is 28.4 Å². The van der Waals surface area contributed by atoms with Crippen LogP contribution in [0.1, 0.15) is 5.56 Å². The number of hydrogen-bond acceptors (Lipinski definition) is 6. The molecular weight excluding hydrogens is 444 g/mol. The highest BCUT2D eigenvalue weighted by Gasteiger charge is 2.20. The Bertz CT molecular complexity index is 1030. The molecule has 0 fully saturated rings. The first-order valence-corrected chi connectivity index (χ1v) is 9.52. The Balaban J connectivity index is 0.000000257. The molecule has 0 spiro atoms. The fraction of sp³-hybridized carbons (Fsp3) is 0.217. The van der Waals surface area contributed by atoms with Gasteiger partial charge in [0.15, 0.2) is 46.3 Å². The first-order chi connectivity index (χ1) is 15.8. The molecule has 6 nitrogen and oxygen atoms in total. The van der Waals surface area contributed by atoms with Crippen molar-refractivity contribution in [2.45, 2.75) is 6.54 Å². The first kappa shape index (κ1) is 25.4. The van der Waals surface area contributed by atoms with Crippen molar-refractivity contribution in [3.8, 4) is 23.0 Å². The number of methoxy groups -OCH3 is 4. The zero-order valence-corrected chi connectivity index (χ0v) is 18.5. The molecule has 3 aromatic carbocycles. The zero-order chi connectivity index (χ0) is 24.5. The normalized spacial score (nSPS) is 10.1. The zero-order valence-electron chi connectivity index (χ0n) is 18.5. The second-order valence-corrected chi connectivity index (χ2v) is 6.45. The largest absolute Gasteiger partial charge is 0.493 e. The van der Waals surface area contributed by atoms with Gasteiger partial charge in [0.05, 0.1) is 28.4 Å². The summed E-state index contributed by atoms with van der Waals surface area (Å²) in [5.41, 5.74) is 5.17. The Labute approximate surface area is 188 Å². The summed E-state index contributed by atoms with van der Waals surface area (Å²) < 4.78 is 73.2. The molecule has 0 aliphatic carbocycles. The number of anilines is 2. The molecule has 33 heavy (non-hydrogen) atoms. The number of halogens is 4. The van der Waals surface area contributed by atoms with Gasteiger partial charge in [-0.15, -0.1) is 0 Å². The van der Waals surface area contributed by atoms with Gasteiger partial charge in [-0.25, -0.2) is 17.6 Å². The second-order valence-electron chi connectivity index (χ2n) is 6.45. The Hall–Kier alpha value is -3.82. The molecule has 0 unspecified atom stereocenters. The van der Waals surface area contributed by atoms with E-state index in [4.69, 9.17) is 15.2 Å². The maximum Gasteiger partial charge on any atom is 0.191 e. The molecule has 10 heteroatoms. The van der Waals surface area contributed by atoms with Crippen LogP contribution in [0.4, 0.5) is 28.9 Å². The van der Waals surface area contributed by atoms with E-state index in [-0.39, 0.29) is 28.7 Å². The van der Waals surface area contributed by atoms with Crippen molar-refractivity contribution >= 4 is 11.4 Å². The minimum absolute atomic E-state index is 0.0705. The van der Waals surface area contributed by atoms with Gasteiger partial charge in [-0.05, 0) is 5.56 Å². The van der Waals surface area contributed by atoms with Crippen molar-refractivity contribution < 1.29 is 36.5 Å². The number of hydrogen-bond donors (Lipinski definition) is 2. The van der Waals surface area contributed by atoms with E-state index in [0.29, 0.717) is 6.54 Å². The van der Waals surface area contributed by atoms with Gasteiger partial charge in [0.25, 0.3) is 0 Å². The van der Waals surface area contributed by atoms with E-state index < -0.39 is 29.0 Å². The molecule has 0 aliphatic rings. The quantitative estimate of drug-likeness (QED) is 0.369. The fourth-order valence-corrected chi connectivity index (χ4v) is 2.73. The van der Waals surface area contributed by atoms with Gasteiger partial charge < -0.3 is 30.0 Å². The van der Waals surface area contributed by atoms with Crippen LogP contribution in [0, 0.1) is 23.3 Å². The average Bonchev–Trinajstić information content (AvgIpc) is 2.84. The number of nitrogen functional groups attached to an aromatic ring is 1. The van der Waals surface area contributed by atoms with Gasteiger partial charge in [-0.3, -0.25) is 0 Å². The van der Waals surface area contributed by atoms with E-state index in [1.807, 2.05) is 30.3 Å². The van der Waals surface area contributed by atoms with E-state index in [1.165, 1.54) is 34.5 Å². The van der Waals surface area contributed by atoms with Gasteiger partial charge in [-0.1, -0.05) is 30.3 Å². The number of ether oxygens (including phenoxy) is 4. The lowest BCUT2D eigenvalue weighted by Gasteiger charge is -2.14. The average molecular weight is 468 g/mol. The van der Waals surface area contributed by atoms with E-state index in [0.717, 1.165) is 11.6 Å². The van der Waals surface area contributed by atoms with Crippen molar-refractivity contribution in [1.82, 2.24) is 0 Å². The molecule has 3 aromatic rings. The van der Waals surface area contributed by atoms with Crippen molar-refractivity contribution in [3.05, 3.63) is 71.3 Å². The fourth-order valence-electron chi connectivity index (χ4n) is 2.73. The summed E-state index contributed by atoms with van der Waals surface area (Å²) in [5, 5.41) is 2.74. The number of nitrogens with one attached hydrogen (secondary N) is 1. The van der Waals surface area contributed by atoms with Crippen LogP contribution in [0.5, 0.6) is 23.0 Å². The molecule has 3 N–H and O–H groups in total. The van der Waals surface area contributed by atoms with E-state index in [1.54, 1.807) is 0 Å². The maximum absolute atomic E-state index is 14.1. The summed E-state index contributed by atoms with van der Waals surface area (Å²) in [6.07, 6.45) is 0. The van der Waals surface area contributed by atoms with Crippen LogP contribution in [0.3, 0.4) is 0 Å². The van der Waals surface area contributed by atoms with Gasteiger partial charge in [0.1, 0.15) is 11.4 Å². The van der Waals surface area contributed by atoms with Crippen LogP contribution >= 0.6 is 0 Å². The maximum atomic E-state index is 14.1. The summed E-state index contributed by atoms with van der Waals surface area (Å²) in [4.78, 5) is 0. The topological polar surface area (TPSA) is 75.0 Å². The number of rotatable bonds is 7. The van der Waals surface area contributed by atoms with Gasteiger partial charge in [0.2, 0.25) is 0 Å². The molecule has 0 bridgehead atoms. The lowest BCUT2D eigenvalue weighted by atomic mass is 10.2. The Kier molecular flexibility index (Phi) is 9.02. The third-order valence-electron chi connectivity index (χ3n) is 4.49. The Morgan fingerprint density at radius 1 is 0.667 bits per heavy atom. The summed E-state index contributed by atoms with van der Waals surface area (Å²) in [6.45, 7) is 0.297. The van der Waals surface area contributed by atoms with Crippen LogP contribution in [0.2, 0.25) is 0 Å². The molecule has 0 saturated carbocycles. The smallest absolute Gasteiger partial charge is 0.191 e. The standard InChI is InChI=1S/C15H15F2NO2.C8H9F2NO2/c1-19-11-8-12(20-2)14(17)15(13(11)16)18-9-10-6-4-3-5-7-10;1-12-4-3-5(13-2)7(10)8(11)6(4)9/h3-8,18H,9H2,1-2H3;3H,11H2,1-2H3. The summed E-state index contributed by atoms with van der Waals surface area (Å²) >= 11 is 0. The summed E-state index contributed by atoms with van der Waals surface area (Å²) in [7, 11) is 5.15. The van der Waals surface area contributed by atoms with Crippen LogP contribution < -0.4 is 30.0 Å². The highest BCUT2D eigenvalue weighted by Crippen LogP contribution is 2.35. The lowest BCUT2D eigenvalue weighted by Crippen LogP contribution is -2.06. The highest BCUT2D eigenvalue weighted by atomic mass is 19.1. The third-order valence-corrected chi connectivity index (χ3v) is 4.49. The SMILES string of the molecule is COc1cc(OC)c(F)c(N)c1F.COc1cc(OC)c(F)c(NCc2ccccc2)c1F. The lowest BCUT2D eigenvalue weighted by molar-refractivity contribution is 0.360. The molecule has 0 radical (unpaired) electrons. The molecule has 0 atom stereocenters. The van der Waals surface area contributed by atoms with Crippen LogP contribution in [0.15, 0.2) is 42.5 Å². The van der Waals surface area contributed by atoms with Crippen molar-refractivity contribution in [3.63, 3.8) is 0 Å². The monoisotopic (exact) mass is 468 g/mol. The van der Waals surface area contributed by atoms with E-state index >= 15 is 0 Å². The van der Waals surface area contributed by atoms with Crippen molar-refractivity contribution in [2.24, 2.45) is 0 Å². The van der Waals surface area contributed by atoms with Gasteiger partial charge >= 0.3 is 0 Å². The number of nitrogens with two attached hydrogens (primary N) is 1. The van der Waals surface area contributed by atoms with Crippen molar-refractivity contribution in [2.75, 3.05) is 39.5 Å². The minimum Gasteiger partial charge on any atom is -0.493 e. The molecule has 0 heterocycles. The highest BCUT2D eigenvalue weighted by molar-refractivity contribution is 5.57. The summed E-state index contributed by atoms with van der Waals surface area (Å²) in [6, 6.07) is 11.6. The molecule has 3 rings (SSSR count). The van der Waals surface area contributed by atoms with Gasteiger partial charge in [-0.2, -0.15) is 0 Å². The van der Waals surface area contributed by atoms with Gasteiger partial charge in [0, 0.05) is 18.7 Å². The Morgan fingerprint density at radius 2 is 1.06 bits per heavy atom. The predicted octanol–water partition coefficient (Wildman–Crippen LogP) is 5.16. The van der Waals surface area contributed by atoms with Crippen LogP contribution in [-0.2, 0) is 6.54 Å². The molecule has 0 aliphatic heterocycles. The summed E-state index contributed by atoms with van der Waals surface area (Å²) in [5.74, 6) is -3.81. The molecule has 0 amide bonds. The molecule has 178 valence electrons. The Morgan fingerprint density at radius 3 is 1.45 bits per heavy atom. The third kappa shape index (κ3) is 5.91. The van der Waals surface area contributed by atoms with Crippen LogP contribution in [0.25, 0.3) is 0 Å². The predicted molar refractivity (Wildman–Crippen MR) is 117 cm³/mol. The number of benzene rings is 3. The van der Waals surface area contributed by atoms with E-state index in [2.05, 4.69) is 14.8 Å². The molecular formula is C23H24F4N2O4. The molecule has 0 aromatic heterocycles.